The lowest BCUT2D eigenvalue weighted by Gasteiger charge is -2.32. The second-order valence-electron chi connectivity index (χ2n) is 15.7. The molecular formula is C40H64N8O9S2. The standard InChI is InChI=1S/C40H64N8O9S2/c1-7-25(4)33-37(55)42-17-18-58-21-26-11-8-12-27(20-26)22-59-23-30(36(54)48-40(5,6)38(56)46-29(19-24(2)3)35(53)47-33)45-34(52)28(13-10-16-43-39(41)57)44-31(49)14-9-15-32(50)51/h8,11-12,20,24-25,28-30,33H,7,9-10,13-19,21-23H2,1-6H3,(H,42,55)(H,44,49)(H,45,52)(H,46,56)(H,47,53)(H,48,54)(H,50,51)(H3,41,43,57)/t25-,28-,29-,30-,33-/m0/s1. The molecule has 1 aliphatic rings. The Bertz CT molecular complexity index is 1610. The molecule has 0 radical (unpaired) electrons. The normalized spacial score (nSPS) is 20.8. The van der Waals surface area contributed by atoms with Crippen molar-refractivity contribution in [1.82, 2.24) is 37.2 Å². The second-order valence-corrected chi connectivity index (χ2v) is 17.8. The van der Waals surface area contributed by atoms with Gasteiger partial charge < -0.3 is 48.1 Å². The summed E-state index contributed by atoms with van der Waals surface area (Å²) in [5.74, 6) is -2.90. The molecule has 59 heavy (non-hydrogen) atoms. The van der Waals surface area contributed by atoms with E-state index in [0.29, 0.717) is 30.2 Å². The molecular weight excluding hydrogens is 801 g/mol. The van der Waals surface area contributed by atoms with Gasteiger partial charge in [-0.3, -0.25) is 33.6 Å². The van der Waals surface area contributed by atoms with Crippen molar-refractivity contribution in [2.45, 2.75) is 128 Å². The summed E-state index contributed by atoms with van der Waals surface area (Å²) in [6.45, 7) is 11.0. The summed E-state index contributed by atoms with van der Waals surface area (Å²) in [5, 5.41) is 28.1. The van der Waals surface area contributed by atoms with E-state index in [1.54, 1.807) is 11.8 Å². The molecule has 0 aromatic heterocycles. The molecule has 0 aliphatic carbocycles. The summed E-state index contributed by atoms with van der Waals surface area (Å²) in [7, 11) is 0. The van der Waals surface area contributed by atoms with Gasteiger partial charge in [0.25, 0.3) is 0 Å². The van der Waals surface area contributed by atoms with E-state index in [-0.39, 0.29) is 68.6 Å². The largest absolute Gasteiger partial charge is 0.481 e. The highest BCUT2D eigenvalue weighted by Gasteiger charge is 2.37. The maximum atomic E-state index is 14.1. The molecule has 10 N–H and O–H groups in total. The average Bonchev–Trinajstić information content (AvgIpc) is 3.15. The first-order chi connectivity index (χ1) is 27.8. The number of carboxylic acids is 1. The van der Waals surface area contributed by atoms with Crippen molar-refractivity contribution in [1.29, 1.82) is 0 Å². The number of carboxylic acid groups (broad SMARTS) is 1. The van der Waals surface area contributed by atoms with Gasteiger partial charge in [-0.05, 0) is 62.5 Å². The summed E-state index contributed by atoms with van der Waals surface area (Å²) in [6.07, 6.45) is 0.805. The van der Waals surface area contributed by atoms with Crippen molar-refractivity contribution in [3.8, 4) is 0 Å². The van der Waals surface area contributed by atoms with Gasteiger partial charge in [-0.1, -0.05) is 58.4 Å². The van der Waals surface area contributed by atoms with Crippen molar-refractivity contribution in [2.75, 3.05) is 24.6 Å². The number of nitrogens with one attached hydrogen (secondary N) is 7. The molecule has 1 aromatic carbocycles. The van der Waals surface area contributed by atoms with E-state index >= 15 is 0 Å². The number of hydrogen-bond donors (Lipinski definition) is 9. The molecule has 17 nitrogen and oxygen atoms in total. The molecule has 0 saturated carbocycles. The zero-order chi connectivity index (χ0) is 44.1. The fourth-order valence-corrected chi connectivity index (χ4v) is 7.82. The van der Waals surface area contributed by atoms with E-state index in [0.717, 1.165) is 11.1 Å². The molecule has 0 saturated heterocycles. The lowest BCUT2D eigenvalue weighted by Crippen LogP contribution is -2.63. The number of nitrogens with two attached hydrogens (primary N) is 1. The predicted molar refractivity (Wildman–Crippen MR) is 229 cm³/mol. The highest BCUT2D eigenvalue weighted by molar-refractivity contribution is 7.98. The topological polar surface area (TPSA) is 267 Å². The third-order valence-corrected chi connectivity index (χ3v) is 11.7. The zero-order valence-electron chi connectivity index (χ0n) is 35.1. The maximum Gasteiger partial charge on any atom is 0.312 e. The van der Waals surface area contributed by atoms with Gasteiger partial charge in [-0.15, -0.1) is 0 Å². The minimum atomic E-state index is -1.59. The summed E-state index contributed by atoms with van der Waals surface area (Å²) >= 11 is 3.02. The van der Waals surface area contributed by atoms with Crippen molar-refractivity contribution < 1.29 is 43.5 Å². The fourth-order valence-electron chi connectivity index (χ4n) is 6.01. The van der Waals surface area contributed by atoms with Crippen LogP contribution in [0.25, 0.3) is 0 Å². The Labute approximate surface area is 355 Å². The van der Waals surface area contributed by atoms with Crippen molar-refractivity contribution in [2.24, 2.45) is 17.6 Å². The number of thioether (sulfide) groups is 2. The van der Waals surface area contributed by atoms with E-state index in [2.05, 4.69) is 37.2 Å². The van der Waals surface area contributed by atoms with Crippen molar-refractivity contribution in [3.05, 3.63) is 35.4 Å². The number of benzene rings is 1. The van der Waals surface area contributed by atoms with Gasteiger partial charge in [0.2, 0.25) is 35.4 Å². The highest BCUT2D eigenvalue weighted by Crippen LogP contribution is 2.19. The molecule has 0 fully saturated rings. The van der Waals surface area contributed by atoms with Crippen LogP contribution in [0.5, 0.6) is 0 Å². The number of carbonyl (C=O) groups is 8. The van der Waals surface area contributed by atoms with E-state index in [4.69, 9.17) is 10.8 Å². The zero-order valence-corrected chi connectivity index (χ0v) is 36.7. The minimum Gasteiger partial charge on any atom is -0.481 e. The lowest BCUT2D eigenvalue weighted by atomic mass is 9.96. The van der Waals surface area contributed by atoms with Crippen LogP contribution in [0.15, 0.2) is 24.3 Å². The second kappa shape index (κ2) is 25.9. The first-order valence-electron chi connectivity index (χ1n) is 20.1. The minimum absolute atomic E-state index is 0.0245. The molecule has 2 bridgehead atoms. The van der Waals surface area contributed by atoms with Gasteiger partial charge in [0, 0.05) is 48.9 Å². The van der Waals surface area contributed by atoms with Gasteiger partial charge >= 0.3 is 12.0 Å². The molecule has 1 heterocycles. The van der Waals surface area contributed by atoms with Crippen LogP contribution in [-0.4, -0.2) is 107 Å². The number of fused-ring (bicyclic) bond motifs is 2. The van der Waals surface area contributed by atoms with Gasteiger partial charge in [0.1, 0.15) is 29.7 Å². The molecule has 8 amide bonds. The van der Waals surface area contributed by atoms with Gasteiger partial charge in [0.05, 0.1) is 0 Å². The van der Waals surface area contributed by atoms with Gasteiger partial charge in [-0.2, -0.15) is 23.5 Å². The van der Waals surface area contributed by atoms with Crippen LogP contribution in [0.4, 0.5) is 4.79 Å². The molecule has 1 aromatic rings. The summed E-state index contributed by atoms with van der Waals surface area (Å²) in [4.78, 5) is 104. The highest BCUT2D eigenvalue weighted by atomic mass is 32.2. The number of hydrogen-bond acceptors (Lipinski definition) is 10. The van der Waals surface area contributed by atoms with Crippen molar-refractivity contribution >= 4 is 71.0 Å². The summed E-state index contributed by atoms with van der Waals surface area (Å²) in [5.41, 5.74) is 5.62. The number of urea groups is 1. The molecule has 0 spiro atoms. The van der Waals surface area contributed by atoms with Crippen LogP contribution in [0, 0.1) is 11.8 Å². The van der Waals surface area contributed by atoms with Crippen LogP contribution in [0.3, 0.4) is 0 Å². The van der Waals surface area contributed by atoms with E-state index in [9.17, 15) is 38.4 Å². The average molecular weight is 865 g/mol. The number of amides is 8. The van der Waals surface area contributed by atoms with Crippen LogP contribution in [-0.2, 0) is 45.1 Å². The van der Waals surface area contributed by atoms with Crippen molar-refractivity contribution in [3.63, 3.8) is 0 Å². The van der Waals surface area contributed by atoms with Gasteiger partial charge in [-0.25, -0.2) is 4.79 Å². The van der Waals surface area contributed by atoms with Crippen LogP contribution < -0.4 is 43.0 Å². The molecule has 2 rings (SSSR count). The molecule has 1 aliphatic heterocycles. The Morgan fingerprint density at radius 2 is 1.63 bits per heavy atom. The first kappa shape index (κ1) is 50.6. The summed E-state index contributed by atoms with van der Waals surface area (Å²) in [6, 6.07) is 2.94. The Kier molecular flexibility index (Phi) is 22.2. The fraction of sp³-hybridized carbons (Fsp3) is 0.650. The third-order valence-electron chi connectivity index (χ3n) is 9.53. The van der Waals surface area contributed by atoms with E-state index < -0.39 is 71.2 Å². The van der Waals surface area contributed by atoms with Crippen LogP contribution in [0.2, 0.25) is 0 Å². The number of primary amides is 1. The van der Waals surface area contributed by atoms with Crippen LogP contribution in [0.1, 0.15) is 97.6 Å². The Morgan fingerprint density at radius 1 is 0.949 bits per heavy atom. The monoisotopic (exact) mass is 864 g/mol. The maximum absolute atomic E-state index is 14.1. The smallest absolute Gasteiger partial charge is 0.312 e. The predicted octanol–water partition coefficient (Wildman–Crippen LogP) is 1.91. The Hall–Kier alpha value is -4.52. The van der Waals surface area contributed by atoms with Gasteiger partial charge in [0.15, 0.2) is 0 Å². The quantitative estimate of drug-likeness (QED) is 0.115. The third kappa shape index (κ3) is 19.4. The SMILES string of the molecule is CC[C@H](C)[C@@H]1NC(=O)[C@H](CC(C)C)NC(=O)C(C)(C)NC(=O)[C@@H](NC(=O)[C@H](CCCNC(N)=O)NC(=O)CCCC(=O)O)CSCc2cccc(c2)CSCCNC1=O. The molecule has 5 atom stereocenters. The lowest BCUT2D eigenvalue weighted by molar-refractivity contribution is -0.137. The number of rotatable bonds is 15. The molecule has 19 heteroatoms. The number of aliphatic carboxylic acids is 1. The van der Waals surface area contributed by atoms with E-state index in [1.807, 2.05) is 52.0 Å². The van der Waals surface area contributed by atoms with E-state index in [1.165, 1.54) is 25.6 Å². The summed E-state index contributed by atoms with van der Waals surface area (Å²) < 4.78 is 0. The van der Waals surface area contributed by atoms with Crippen LogP contribution >= 0.6 is 23.5 Å². The Balaban J connectivity index is 2.46. The molecule has 0 unspecified atom stereocenters. The first-order valence-corrected chi connectivity index (χ1v) is 22.4. The molecule has 330 valence electrons. The Morgan fingerprint density at radius 3 is 2.25 bits per heavy atom. The number of carbonyl (C=O) groups excluding carboxylic acids is 7.